The fourth-order valence-electron chi connectivity index (χ4n) is 3.08. The number of nitrogens with two attached hydrogens (primary N) is 1. The number of benzene rings is 1. The number of hydrogen-bond donors (Lipinski definition) is 1. The van der Waals surface area contributed by atoms with Crippen molar-refractivity contribution in [1.29, 1.82) is 0 Å². The van der Waals surface area contributed by atoms with Gasteiger partial charge in [0.1, 0.15) is 0 Å². The smallest absolute Gasteiger partial charge is 0.0237 e. The number of hydrogen-bond acceptors (Lipinski definition) is 3. The molecule has 1 aromatic rings. The van der Waals surface area contributed by atoms with Gasteiger partial charge in [0.2, 0.25) is 0 Å². The van der Waals surface area contributed by atoms with Crippen molar-refractivity contribution in [3.8, 4) is 0 Å². The van der Waals surface area contributed by atoms with E-state index in [1.807, 2.05) is 0 Å². The fourth-order valence-corrected chi connectivity index (χ4v) is 3.08. The standard InChI is InChI=1S/C17H29N3/c1-15-13-20(14-17-8-4-3-5-9-17)16(2)12-19(15)11-7-6-10-18/h3-5,8-9,15-16H,6-7,10-14,18H2,1-2H3/t15-,16+/m1/s1. The highest BCUT2D eigenvalue weighted by Gasteiger charge is 2.28. The van der Waals surface area contributed by atoms with Crippen molar-refractivity contribution in [1.82, 2.24) is 9.80 Å². The van der Waals surface area contributed by atoms with E-state index in [-0.39, 0.29) is 0 Å². The molecular weight excluding hydrogens is 246 g/mol. The van der Waals surface area contributed by atoms with Gasteiger partial charge in [-0.25, -0.2) is 0 Å². The van der Waals surface area contributed by atoms with Crippen LogP contribution in [-0.4, -0.2) is 48.1 Å². The molecule has 112 valence electrons. The predicted octanol–water partition coefficient (Wildman–Crippen LogP) is 2.32. The van der Waals surface area contributed by atoms with Crippen LogP contribution >= 0.6 is 0 Å². The van der Waals surface area contributed by atoms with Gasteiger partial charge in [-0.15, -0.1) is 0 Å². The van der Waals surface area contributed by atoms with Gasteiger partial charge in [-0.2, -0.15) is 0 Å². The van der Waals surface area contributed by atoms with Crippen LogP contribution in [-0.2, 0) is 6.54 Å². The van der Waals surface area contributed by atoms with Crippen LogP contribution in [0.3, 0.4) is 0 Å². The minimum Gasteiger partial charge on any atom is -0.330 e. The molecule has 0 spiro atoms. The minimum absolute atomic E-state index is 0.629. The number of piperazine rings is 1. The van der Waals surface area contributed by atoms with Gasteiger partial charge in [-0.05, 0) is 45.3 Å². The van der Waals surface area contributed by atoms with Crippen LogP contribution in [0, 0.1) is 0 Å². The third kappa shape index (κ3) is 4.30. The fraction of sp³-hybridized carbons (Fsp3) is 0.647. The van der Waals surface area contributed by atoms with E-state index in [4.69, 9.17) is 5.73 Å². The highest BCUT2D eigenvalue weighted by molar-refractivity contribution is 5.14. The maximum atomic E-state index is 5.59. The summed E-state index contributed by atoms with van der Waals surface area (Å²) in [5.41, 5.74) is 7.01. The SMILES string of the molecule is C[C@@H]1CN(Cc2ccccc2)[C@@H](C)CN1CCCCN. The van der Waals surface area contributed by atoms with Crippen LogP contribution in [0.25, 0.3) is 0 Å². The molecule has 0 aliphatic carbocycles. The van der Waals surface area contributed by atoms with E-state index in [1.54, 1.807) is 0 Å². The molecule has 1 heterocycles. The zero-order chi connectivity index (χ0) is 14.4. The summed E-state index contributed by atoms with van der Waals surface area (Å²) in [6, 6.07) is 12.1. The summed E-state index contributed by atoms with van der Waals surface area (Å²) >= 11 is 0. The topological polar surface area (TPSA) is 32.5 Å². The number of nitrogens with zero attached hydrogens (tertiary/aromatic N) is 2. The van der Waals surface area contributed by atoms with Gasteiger partial charge in [0.05, 0.1) is 0 Å². The van der Waals surface area contributed by atoms with Crippen molar-refractivity contribution < 1.29 is 0 Å². The van der Waals surface area contributed by atoms with Gasteiger partial charge < -0.3 is 5.73 Å². The van der Waals surface area contributed by atoms with Crippen LogP contribution in [0.4, 0.5) is 0 Å². The lowest BCUT2D eigenvalue weighted by atomic mass is 10.1. The van der Waals surface area contributed by atoms with Crippen molar-refractivity contribution in [3.63, 3.8) is 0 Å². The highest BCUT2D eigenvalue weighted by atomic mass is 15.3. The molecule has 1 saturated heterocycles. The first-order valence-electron chi connectivity index (χ1n) is 7.92. The van der Waals surface area contributed by atoms with E-state index < -0.39 is 0 Å². The second kappa shape index (κ2) is 7.77. The van der Waals surface area contributed by atoms with Gasteiger partial charge in [0, 0.05) is 31.7 Å². The Labute approximate surface area is 123 Å². The predicted molar refractivity (Wildman–Crippen MR) is 85.6 cm³/mol. The van der Waals surface area contributed by atoms with Crippen LogP contribution in [0.2, 0.25) is 0 Å². The van der Waals surface area contributed by atoms with Crippen LogP contribution < -0.4 is 5.73 Å². The van der Waals surface area contributed by atoms with Crippen molar-refractivity contribution in [2.75, 3.05) is 26.2 Å². The Morgan fingerprint density at radius 1 is 1.00 bits per heavy atom. The van der Waals surface area contributed by atoms with Crippen LogP contribution in [0.1, 0.15) is 32.3 Å². The summed E-state index contributed by atoms with van der Waals surface area (Å²) in [6.07, 6.45) is 2.37. The van der Waals surface area contributed by atoms with Gasteiger partial charge in [0.15, 0.2) is 0 Å². The Kier molecular flexibility index (Phi) is 6.02. The van der Waals surface area contributed by atoms with Crippen molar-refractivity contribution in [2.45, 2.75) is 45.3 Å². The lowest BCUT2D eigenvalue weighted by Gasteiger charge is -2.44. The molecular formula is C17H29N3. The molecule has 1 aliphatic heterocycles. The summed E-state index contributed by atoms with van der Waals surface area (Å²) in [7, 11) is 0. The monoisotopic (exact) mass is 275 g/mol. The van der Waals surface area contributed by atoms with E-state index in [0.717, 1.165) is 19.5 Å². The lowest BCUT2D eigenvalue weighted by molar-refractivity contribution is 0.0369. The summed E-state index contributed by atoms with van der Waals surface area (Å²) in [4.78, 5) is 5.24. The third-order valence-corrected chi connectivity index (χ3v) is 4.37. The number of unbranched alkanes of at least 4 members (excludes halogenated alkanes) is 1. The van der Waals surface area contributed by atoms with Crippen LogP contribution in [0.15, 0.2) is 30.3 Å². The molecule has 2 atom stereocenters. The normalized spacial score (nSPS) is 24.9. The van der Waals surface area contributed by atoms with Gasteiger partial charge in [-0.1, -0.05) is 30.3 Å². The van der Waals surface area contributed by atoms with Gasteiger partial charge >= 0.3 is 0 Å². The molecule has 0 amide bonds. The Morgan fingerprint density at radius 2 is 1.65 bits per heavy atom. The lowest BCUT2D eigenvalue weighted by Crippen LogP contribution is -2.56. The first kappa shape index (κ1) is 15.5. The van der Waals surface area contributed by atoms with E-state index in [2.05, 4.69) is 54.0 Å². The quantitative estimate of drug-likeness (QED) is 0.809. The number of rotatable bonds is 6. The van der Waals surface area contributed by atoms with Crippen LogP contribution in [0.5, 0.6) is 0 Å². The molecule has 2 N–H and O–H groups in total. The largest absolute Gasteiger partial charge is 0.330 e. The molecule has 3 heteroatoms. The molecule has 1 aromatic carbocycles. The molecule has 2 rings (SSSR count). The maximum absolute atomic E-state index is 5.59. The Morgan fingerprint density at radius 3 is 2.35 bits per heavy atom. The van der Waals surface area contributed by atoms with E-state index in [1.165, 1.54) is 31.6 Å². The Bertz CT molecular complexity index is 379. The van der Waals surface area contributed by atoms with E-state index in [0.29, 0.717) is 12.1 Å². The third-order valence-electron chi connectivity index (χ3n) is 4.37. The average Bonchev–Trinajstić information content (AvgIpc) is 2.45. The zero-order valence-corrected chi connectivity index (χ0v) is 13.0. The second-order valence-electron chi connectivity index (χ2n) is 6.10. The molecule has 3 nitrogen and oxygen atoms in total. The van der Waals surface area contributed by atoms with Crippen molar-refractivity contribution in [2.24, 2.45) is 5.73 Å². The zero-order valence-electron chi connectivity index (χ0n) is 13.0. The molecule has 0 radical (unpaired) electrons. The van der Waals surface area contributed by atoms with Crippen molar-refractivity contribution in [3.05, 3.63) is 35.9 Å². The minimum atomic E-state index is 0.629. The Hall–Kier alpha value is -0.900. The summed E-state index contributed by atoms with van der Waals surface area (Å²) in [6.45, 7) is 10.1. The molecule has 1 aliphatic rings. The van der Waals surface area contributed by atoms with Gasteiger partial charge in [-0.3, -0.25) is 9.80 Å². The van der Waals surface area contributed by atoms with E-state index in [9.17, 15) is 0 Å². The molecule has 0 unspecified atom stereocenters. The molecule has 0 aromatic heterocycles. The Balaban J connectivity index is 1.86. The second-order valence-corrected chi connectivity index (χ2v) is 6.10. The first-order valence-corrected chi connectivity index (χ1v) is 7.92. The summed E-state index contributed by atoms with van der Waals surface area (Å²) in [5.74, 6) is 0. The molecule has 20 heavy (non-hydrogen) atoms. The highest BCUT2D eigenvalue weighted by Crippen LogP contribution is 2.18. The first-order chi connectivity index (χ1) is 9.70. The van der Waals surface area contributed by atoms with E-state index >= 15 is 0 Å². The average molecular weight is 275 g/mol. The molecule has 0 saturated carbocycles. The molecule has 1 fully saturated rings. The van der Waals surface area contributed by atoms with Gasteiger partial charge in [0.25, 0.3) is 0 Å². The summed E-state index contributed by atoms with van der Waals surface area (Å²) < 4.78 is 0. The molecule has 0 bridgehead atoms. The van der Waals surface area contributed by atoms with Crippen molar-refractivity contribution >= 4 is 0 Å². The summed E-state index contributed by atoms with van der Waals surface area (Å²) in [5, 5.41) is 0. The maximum Gasteiger partial charge on any atom is 0.0237 e.